The lowest BCUT2D eigenvalue weighted by Crippen LogP contribution is -2.39. The Labute approximate surface area is 88.5 Å². The van der Waals surface area contributed by atoms with E-state index in [4.69, 9.17) is 0 Å². The molecular formula is C9H8F3NO3. The van der Waals surface area contributed by atoms with E-state index in [1.807, 2.05) is 0 Å². The summed E-state index contributed by atoms with van der Waals surface area (Å²) in [5, 5.41) is 19.7. The minimum Gasteiger partial charge on any atom is -0.376 e. The van der Waals surface area contributed by atoms with Gasteiger partial charge in [0.25, 0.3) is 5.69 Å². The van der Waals surface area contributed by atoms with E-state index in [1.165, 1.54) is 0 Å². The molecule has 1 aromatic carbocycles. The molecule has 0 aliphatic carbocycles. The smallest absolute Gasteiger partial charge is 0.376 e. The molecule has 4 nitrogen and oxygen atoms in total. The second-order valence-corrected chi connectivity index (χ2v) is 3.38. The number of aliphatic hydroxyl groups is 1. The van der Waals surface area contributed by atoms with Gasteiger partial charge in [-0.3, -0.25) is 10.1 Å². The van der Waals surface area contributed by atoms with Crippen LogP contribution in [0, 0.1) is 10.1 Å². The van der Waals surface area contributed by atoms with Gasteiger partial charge in [-0.25, -0.2) is 0 Å². The third-order valence-corrected chi connectivity index (χ3v) is 2.17. The number of halogens is 3. The second-order valence-electron chi connectivity index (χ2n) is 3.38. The fourth-order valence-electron chi connectivity index (χ4n) is 1.09. The van der Waals surface area contributed by atoms with Crippen LogP contribution in [0.3, 0.4) is 0 Å². The van der Waals surface area contributed by atoms with Gasteiger partial charge in [0.2, 0.25) is 0 Å². The zero-order chi connectivity index (χ0) is 12.6. The van der Waals surface area contributed by atoms with Crippen LogP contribution in [-0.4, -0.2) is 16.2 Å². The number of hydrogen-bond acceptors (Lipinski definition) is 3. The molecule has 16 heavy (non-hydrogen) atoms. The molecule has 0 heterocycles. The van der Waals surface area contributed by atoms with Crippen molar-refractivity contribution >= 4 is 5.69 Å². The van der Waals surface area contributed by atoms with E-state index in [1.54, 1.807) is 0 Å². The van der Waals surface area contributed by atoms with E-state index in [0.717, 1.165) is 18.2 Å². The Hall–Kier alpha value is -1.63. The number of alkyl halides is 3. The molecule has 1 N–H and O–H groups in total. The molecule has 0 bridgehead atoms. The average molecular weight is 235 g/mol. The highest BCUT2D eigenvalue weighted by atomic mass is 19.4. The standard InChI is InChI=1S/C9H8F3NO3/c1-8(14,9(10,11)12)6-3-2-4-7(5-6)13(15)16/h2-5,14H,1H3/t8-/m0/s1. The molecule has 1 atom stereocenters. The second kappa shape index (κ2) is 3.75. The van der Waals surface area contributed by atoms with Gasteiger partial charge in [0.15, 0.2) is 5.60 Å². The van der Waals surface area contributed by atoms with Crippen LogP contribution in [0.5, 0.6) is 0 Å². The van der Waals surface area contributed by atoms with Crippen molar-refractivity contribution in [2.75, 3.05) is 0 Å². The normalized spacial score (nSPS) is 15.6. The predicted octanol–water partition coefficient (Wildman–Crippen LogP) is 2.36. The van der Waals surface area contributed by atoms with Gasteiger partial charge in [0.1, 0.15) is 0 Å². The molecule has 0 fully saturated rings. The molecule has 88 valence electrons. The molecule has 0 amide bonds. The summed E-state index contributed by atoms with van der Waals surface area (Å²) >= 11 is 0. The molecule has 0 aromatic heterocycles. The first-order valence-electron chi connectivity index (χ1n) is 4.20. The van der Waals surface area contributed by atoms with E-state index >= 15 is 0 Å². The maximum absolute atomic E-state index is 12.4. The lowest BCUT2D eigenvalue weighted by atomic mass is 9.95. The van der Waals surface area contributed by atoms with Crippen LogP contribution < -0.4 is 0 Å². The number of rotatable bonds is 2. The minimum absolute atomic E-state index is 0.498. The van der Waals surface area contributed by atoms with Crippen LogP contribution in [0.4, 0.5) is 18.9 Å². The lowest BCUT2D eigenvalue weighted by Gasteiger charge is -2.26. The highest BCUT2D eigenvalue weighted by Crippen LogP contribution is 2.39. The van der Waals surface area contributed by atoms with Crippen molar-refractivity contribution in [2.24, 2.45) is 0 Å². The first-order valence-corrected chi connectivity index (χ1v) is 4.20. The third kappa shape index (κ3) is 2.13. The average Bonchev–Trinajstić information content (AvgIpc) is 2.16. The molecule has 1 rings (SSSR count). The SMILES string of the molecule is C[C@](O)(c1cccc([N+](=O)[O-])c1)C(F)(F)F. The molecule has 0 saturated carbocycles. The van der Waals surface area contributed by atoms with Crippen LogP contribution in [0.15, 0.2) is 24.3 Å². The highest BCUT2D eigenvalue weighted by Gasteiger charge is 2.51. The van der Waals surface area contributed by atoms with Crippen molar-refractivity contribution < 1.29 is 23.2 Å². The Bertz CT molecular complexity index is 415. The van der Waals surface area contributed by atoms with Gasteiger partial charge in [0, 0.05) is 12.1 Å². The fourth-order valence-corrected chi connectivity index (χ4v) is 1.09. The van der Waals surface area contributed by atoms with Crippen LogP contribution >= 0.6 is 0 Å². The Morgan fingerprint density at radius 3 is 2.38 bits per heavy atom. The number of non-ortho nitro benzene ring substituents is 1. The number of nitro groups is 1. The van der Waals surface area contributed by atoms with Gasteiger partial charge in [-0.05, 0) is 12.5 Å². The van der Waals surface area contributed by atoms with E-state index < -0.39 is 28.0 Å². The molecule has 7 heteroatoms. The highest BCUT2D eigenvalue weighted by molar-refractivity contribution is 5.37. The first kappa shape index (κ1) is 12.4. The number of nitro benzene ring substituents is 1. The van der Waals surface area contributed by atoms with Crippen molar-refractivity contribution in [3.05, 3.63) is 39.9 Å². The van der Waals surface area contributed by atoms with Gasteiger partial charge in [-0.15, -0.1) is 0 Å². The molecule has 0 saturated heterocycles. The molecule has 0 unspecified atom stereocenters. The van der Waals surface area contributed by atoms with Gasteiger partial charge in [0.05, 0.1) is 4.92 Å². The summed E-state index contributed by atoms with van der Waals surface area (Å²) in [4.78, 5) is 9.55. The molecule has 0 aliphatic rings. The van der Waals surface area contributed by atoms with Crippen molar-refractivity contribution in [2.45, 2.75) is 18.7 Å². The van der Waals surface area contributed by atoms with Crippen LogP contribution in [0.2, 0.25) is 0 Å². The molecule has 1 aromatic rings. The molecule has 0 spiro atoms. The minimum atomic E-state index is -4.89. The number of benzene rings is 1. The van der Waals surface area contributed by atoms with E-state index in [-0.39, 0.29) is 0 Å². The zero-order valence-electron chi connectivity index (χ0n) is 8.15. The van der Waals surface area contributed by atoms with Gasteiger partial charge < -0.3 is 5.11 Å². The van der Waals surface area contributed by atoms with Crippen molar-refractivity contribution in [3.63, 3.8) is 0 Å². The third-order valence-electron chi connectivity index (χ3n) is 2.17. The fraction of sp³-hybridized carbons (Fsp3) is 0.333. The topological polar surface area (TPSA) is 63.4 Å². The monoisotopic (exact) mass is 235 g/mol. The van der Waals surface area contributed by atoms with Crippen molar-refractivity contribution in [1.29, 1.82) is 0 Å². The molecular weight excluding hydrogens is 227 g/mol. The van der Waals surface area contributed by atoms with Crippen LogP contribution in [0.25, 0.3) is 0 Å². The van der Waals surface area contributed by atoms with Gasteiger partial charge in [-0.1, -0.05) is 12.1 Å². The summed E-state index contributed by atoms with van der Waals surface area (Å²) in [6.07, 6.45) is -4.89. The Kier molecular flexibility index (Phi) is 2.91. The van der Waals surface area contributed by atoms with Crippen molar-refractivity contribution in [3.8, 4) is 0 Å². The predicted molar refractivity (Wildman–Crippen MR) is 48.7 cm³/mol. The van der Waals surface area contributed by atoms with E-state index in [0.29, 0.717) is 13.0 Å². The Balaban J connectivity index is 3.24. The van der Waals surface area contributed by atoms with Crippen LogP contribution in [0.1, 0.15) is 12.5 Å². The van der Waals surface area contributed by atoms with Crippen LogP contribution in [-0.2, 0) is 5.60 Å². The van der Waals surface area contributed by atoms with Gasteiger partial charge >= 0.3 is 6.18 Å². The molecule has 0 radical (unpaired) electrons. The number of nitrogens with zero attached hydrogens (tertiary/aromatic N) is 1. The maximum atomic E-state index is 12.4. The summed E-state index contributed by atoms with van der Waals surface area (Å²) in [5.41, 5.74) is -4.16. The largest absolute Gasteiger partial charge is 0.421 e. The van der Waals surface area contributed by atoms with Crippen molar-refractivity contribution in [1.82, 2.24) is 0 Å². The first-order chi connectivity index (χ1) is 7.16. The van der Waals surface area contributed by atoms with E-state index in [9.17, 15) is 28.4 Å². The summed E-state index contributed by atoms with van der Waals surface area (Å²) in [6, 6.07) is 3.83. The Morgan fingerprint density at radius 1 is 1.38 bits per heavy atom. The Morgan fingerprint density at radius 2 is 1.94 bits per heavy atom. The quantitative estimate of drug-likeness (QED) is 0.632. The van der Waals surface area contributed by atoms with E-state index in [2.05, 4.69) is 0 Å². The summed E-state index contributed by atoms with van der Waals surface area (Å²) in [6.45, 7) is 0.548. The summed E-state index contributed by atoms with van der Waals surface area (Å²) in [7, 11) is 0. The summed E-state index contributed by atoms with van der Waals surface area (Å²) < 4.78 is 37.3. The number of hydrogen-bond donors (Lipinski definition) is 1. The molecule has 0 aliphatic heterocycles. The van der Waals surface area contributed by atoms with Gasteiger partial charge in [-0.2, -0.15) is 13.2 Å². The summed E-state index contributed by atoms with van der Waals surface area (Å²) in [5.74, 6) is 0. The maximum Gasteiger partial charge on any atom is 0.421 e. The lowest BCUT2D eigenvalue weighted by molar-refractivity contribution is -0.385. The zero-order valence-corrected chi connectivity index (χ0v) is 8.15.